The summed E-state index contributed by atoms with van der Waals surface area (Å²) >= 11 is 1.91. The molecule has 0 spiro atoms. The van der Waals surface area contributed by atoms with Gasteiger partial charge in [-0.2, -0.15) is 11.8 Å². The van der Waals surface area contributed by atoms with Crippen molar-refractivity contribution in [2.45, 2.75) is 25.9 Å². The summed E-state index contributed by atoms with van der Waals surface area (Å²) in [5.41, 5.74) is 2.60. The van der Waals surface area contributed by atoms with Crippen LogP contribution >= 0.6 is 11.8 Å². The second-order valence-corrected chi connectivity index (χ2v) is 5.41. The van der Waals surface area contributed by atoms with E-state index in [0.29, 0.717) is 6.04 Å². The van der Waals surface area contributed by atoms with Crippen molar-refractivity contribution in [3.05, 3.63) is 36.0 Å². The van der Waals surface area contributed by atoms with Crippen molar-refractivity contribution in [1.82, 2.24) is 10.3 Å². The minimum absolute atomic E-state index is 0.580. The third kappa shape index (κ3) is 3.27. The molecule has 0 amide bonds. The van der Waals surface area contributed by atoms with Crippen LogP contribution in [0.5, 0.6) is 0 Å². The van der Waals surface area contributed by atoms with Crippen molar-refractivity contribution >= 4 is 22.7 Å². The Labute approximate surface area is 107 Å². The highest BCUT2D eigenvalue weighted by molar-refractivity contribution is 7.98. The van der Waals surface area contributed by atoms with Crippen molar-refractivity contribution < 1.29 is 0 Å². The molecule has 2 N–H and O–H groups in total. The van der Waals surface area contributed by atoms with Gasteiger partial charge < -0.3 is 10.3 Å². The zero-order valence-electron chi connectivity index (χ0n) is 10.5. The Kier molecular flexibility index (Phi) is 4.51. The van der Waals surface area contributed by atoms with Gasteiger partial charge in [-0.1, -0.05) is 12.1 Å². The number of aromatic nitrogens is 1. The van der Waals surface area contributed by atoms with E-state index < -0.39 is 0 Å². The molecule has 17 heavy (non-hydrogen) atoms. The van der Waals surface area contributed by atoms with Gasteiger partial charge in [0.15, 0.2) is 0 Å². The monoisotopic (exact) mass is 248 g/mol. The fourth-order valence-corrected chi connectivity index (χ4v) is 2.57. The molecule has 3 heteroatoms. The van der Waals surface area contributed by atoms with Gasteiger partial charge in [-0.05, 0) is 43.0 Å². The molecule has 1 aromatic heterocycles. The number of rotatable bonds is 6. The lowest BCUT2D eigenvalue weighted by molar-refractivity contribution is 0.539. The van der Waals surface area contributed by atoms with Crippen LogP contribution < -0.4 is 5.32 Å². The Morgan fingerprint density at radius 3 is 3.06 bits per heavy atom. The van der Waals surface area contributed by atoms with E-state index in [1.165, 1.54) is 28.6 Å². The summed E-state index contributed by atoms with van der Waals surface area (Å²) < 4.78 is 0. The van der Waals surface area contributed by atoms with Gasteiger partial charge in [0.25, 0.3) is 0 Å². The molecule has 0 aliphatic heterocycles. The molecule has 0 saturated carbocycles. The predicted octanol–water partition coefficient (Wildman–Crippen LogP) is 3.40. The summed E-state index contributed by atoms with van der Waals surface area (Å²) in [6.45, 7) is 3.21. The second kappa shape index (κ2) is 6.12. The van der Waals surface area contributed by atoms with Crippen molar-refractivity contribution in [3.63, 3.8) is 0 Å². The quantitative estimate of drug-likeness (QED) is 0.820. The smallest absolute Gasteiger partial charge is 0.0457 e. The first kappa shape index (κ1) is 12.5. The normalized spacial score (nSPS) is 13.1. The summed E-state index contributed by atoms with van der Waals surface area (Å²) in [7, 11) is 0. The van der Waals surface area contributed by atoms with E-state index >= 15 is 0 Å². The van der Waals surface area contributed by atoms with E-state index in [0.717, 1.165) is 6.54 Å². The summed E-state index contributed by atoms with van der Waals surface area (Å²) in [4.78, 5) is 3.25. The molecular weight excluding hydrogens is 228 g/mol. The Morgan fingerprint density at radius 1 is 1.35 bits per heavy atom. The lowest BCUT2D eigenvalue weighted by atomic mass is 10.1. The summed E-state index contributed by atoms with van der Waals surface area (Å²) in [5.74, 6) is 1.22. The molecule has 2 rings (SSSR count). The maximum absolute atomic E-state index is 3.59. The SMILES string of the molecule is CSCCC(C)NCc1cccc2[nH]ccc12. The fourth-order valence-electron chi connectivity index (χ4n) is 1.99. The van der Waals surface area contributed by atoms with Crippen molar-refractivity contribution in [3.8, 4) is 0 Å². The van der Waals surface area contributed by atoms with Gasteiger partial charge in [-0.15, -0.1) is 0 Å². The third-order valence-corrected chi connectivity index (χ3v) is 3.73. The minimum atomic E-state index is 0.580. The van der Waals surface area contributed by atoms with Crippen LogP contribution in [-0.4, -0.2) is 23.0 Å². The molecule has 0 bridgehead atoms. The van der Waals surface area contributed by atoms with Gasteiger partial charge in [0.1, 0.15) is 0 Å². The van der Waals surface area contributed by atoms with E-state index in [4.69, 9.17) is 0 Å². The molecule has 0 aliphatic carbocycles. The fraction of sp³-hybridized carbons (Fsp3) is 0.429. The van der Waals surface area contributed by atoms with Gasteiger partial charge in [0.05, 0.1) is 0 Å². The molecule has 1 unspecified atom stereocenters. The summed E-state index contributed by atoms with van der Waals surface area (Å²) in [6.07, 6.45) is 5.39. The highest BCUT2D eigenvalue weighted by Gasteiger charge is 2.04. The van der Waals surface area contributed by atoms with Crippen LogP contribution in [0, 0.1) is 0 Å². The molecule has 1 aromatic carbocycles. The standard InChI is InChI=1S/C14H20N2S/c1-11(7-9-17-2)16-10-12-4-3-5-14-13(12)6-8-15-14/h3-6,8,11,15-16H,7,9-10H2,1-2H3. The van der Waals surface area contributed by atoms with E-state index in [1.807, 2.05) is 18.0 Å². The van der Waals surface area contributed by atoms with Gasteiger partial charge in [-0.3, -0.25) is 0 Å². The molecule has 0 fully saturated rings. The topological polar surface area (TPSA) is 27.8 Å². The number of H-pyrrole nitrogens is 1. The average molecular weight is 248 g/mol. The lowest BCUT2D eigenvalue weighted by Crippen LogP contribution is -2.26. The number of benzene rings is 1. The van der Waals surface area contributed by atoms with E-state index in [2.05, 4.69) is 47.7 Å². The van der Waals surface area contributed by atoms with E-state index in [1.54, 1.807) is 0 Å². The highest BCUT2D eigenvalue weighted by Crippen LogP contribution is 2.17. The number of thioether (sulfide) groups is 1. The van der Waals surface area contributed by atoms with Crippen LogP contribution in [0.1, 0.15) is 18.9 Å². The average Bonchev–Trinajstić information content (AvgIpc) is 2.82. The van der Waals surface area contributed by atoms with Gasteiger partial charge in [0.2, 0.25) is 0 Å². The predicted molar refractivity (Wildman–Crippen MR) is 77.6 cm³/mol. The first-order chi connectivity index (χ1) is 8.31. The van der Waals surface area contributed by atoms with Crippen LogP contribution in [0.2, 0.25) is 0 Å². The van der Waals surface area contributed by atoms with Crippen LogP contribution in [0.15, 0.2) is 30.5 Å². The first-order valence-corrected chi connectivity index (χ1v) is 7.48. The van der Waals surface area contributed by atoms with Crippen molar-refractivity contribution in [2.75, 3.05) is 12.0 Å². The number of nitrogens with one attached hydrogen (secondary N) is 2. The maximum Gasteiger partial charge on any atom is 0.0457 e. The Balaban J connectivity index is 1.96. The zero-order chi connectivity index (χ0) is 12.1. The number of aromatic amines is 1. The van der Waals surface area contributed by atoms with Crippen molar-refractivity contribution in [2.24, 2.45) is 0 Å². The minimum Gasteiger partial charge on any atom is -0.361 e. The molecule has 0 saturated heterocycles. The summed E-state index contributed by atoms with van der Waals surface area (Å²) in [5, 5.41) is 4.92. The number of hydrogen-bond donors (Lipinski definition) is 2. The van der Waals surface area contributed by atoms with Gasteiger partial charge >= 0.3 is 0 Å². The molecular formula is C14H20N2S. The number of hydrogen-bond acceptors (Lipinski definition) is 2. The third-order valence-electron chi connectivity index (χ3n) is 3.08. The lowest BCUT2D eigenvalue weighted by Gasteiger charge is -2.13. The van der Waals surface area contributed by atoms with E-state index in [9.17, 15) is 0 Å². The van der Waals surface area contributed by atoms with Crippen LogP contribution in [0.3, 0.4) is 0 Å². The first-order valence-electron chi connectivity index (χ1n) is 6.08. The molecule has 2 aromatic rings. The summed E-state index contributed by atoms with van der Waals surface area (Å²) in [6, 6.07) is 9.17. The molecule has 0 aliphatic rings. The van der Waals surface area contributed by atoms with E-state index in [-0.39, 0.29) is 0 Å². The molecule has 2 nitrogen and oxygen atoms in total. The highest BCUT2D eigenvalue weighted by atomic mass is 32.2. The Morgan fingerprint density at radius 2 is 2.24 bits per heavy atom. The molecule has 1 heterocycles. The van der Waals surface area contributed by atoms with Crippen LogP contribution in [-0.2, 0) is 6.54 Å². The molecule has 1 atom stereocenters. The van der Waals surface area contributed by atoms with Crippen LogP contribution in [0.4, 0.5) is 0 Å². The van der Waals surface area contributed by atoms with Gasteiger partial charge in [-0.25, -0.2) is 0 Å². The van der Waals surface area contributed by atoms with Crippen molar-refractivity contribution in [1.29, 1.82) is 0 Å². The molecule has 92 valence electrons. The van der Waals surface area contributed by atoms with Crippen LogP contribution in [0.25, 0.3) is 10.9 Å². The van der Waals surface area contributed by atoms with Gasteiger partial charge in [0, 0.05) is 29.7 Å². The maximum atomic E-state index is 3.59. The number of fused-ring (bicyclic) bond motifs is 1. The molecule has 0 radical (unpaired) electrons. The second-order valence-electron chi connectivity index (χ2n) is 4.42. The Bertz CT molecular complexity index is 464. The largest absolute Gasteiger partial charge is 0.361 e. The zero-order valence-corrected chi connectivity index (χ0v) is 11.3. The Hall–Kier alpha value is -0.930.